The van der Waals surface area contributed by atoms with Crippen molar-refractivity contribution in [2.75, 3.05) is 20.3 Å². The highest BCUT2D eigenvalue weighted by molar-refractivity contribution is 7.15. The van der Waals surface area contributed by atoms with Gasteiger partial charge in [0.05, 0.1) is 36.9 Å². The number of nitrogens with one attached hydrogen (secondary N) is 1. The van der Waals surface area contributed by atoms with Crippen LogP contribution in [0.1, 0.15) is 35.9 Å². The maximum atomic E-state index is 12.3. The lowest BCUT2D eigenvalue weighted by molar-refractivity contribution is -0.0671. The van der Waals surface area contributed by atoms with Crippen molar-refractivity contribution < 1.29 is 14.4 Å². The second-order valence-corrected chi connectivity index (χ2v) is 7.27. The Morgan fingerprint density at radius 1 is 1.36 bits per heavy atom. The average Bonchev–Trinajstić information content (AvgIpc) is 3.32. The fourth-order valence-electron chi connectivity index (χ4n) is 3.24. The molecular formula is C18H21N3O3S. The number of amides is 2. The number of carbonyl (C=O) groups excluding carboxylic acids is 1. The van der Waals surface area contributed by atoms with E-state index in [0.29, 0.717) is 13.2 Å². The number of ether oxygens (including phenoxy) is 1. The molecule has 1 aliphatic carbocycles. The molecule has 4 rings (SSSR count). The number of thiazole rings is 1. The molecule has 1 aromatic heterocycles. The van der Waals surface area contributed by atoms with E-state index < -0.39 is 0 Å². The van der Waals surface area contributed by atoms with Crippen LogP contribution in [-0.4, -0.2) is 36.3 Å². The van der Waals surface area contributed by atoms with Crippen LogP contribution in [0.15, 0.2) is 24.3 Å². The zero-order valence-electron chi connectivity index (χ0n) is 14.2. The van der Waals surface area contributed by atoms with Gasteiger partial charge in [0.25, 0.3) is 0 Å². The number of carbonyl (C=O) groups is 1. The van der Waals surface area contributed by atoms with Crippen molar-refractivity contribution in [3.8, 4) is 16.3 Å². The Balaban J connectivity index is 1.54. The molecule has 1 saturated heterocycles. The van der Waals surface area contributed by atoms with Gasteiger partial charge in [0.1, 0.15) is 10.8 Å². The first-order valence-corrected chi connectivity index (χ1v) is 9.41. The molecule has 2 heterocycles. The summed E-state index contributed by atoms with van der Waals surface area (Å²) in [5.74, 6) is 0.834. The van der Waals surface area contributed by atoms with E-state index in [1.54, 1.807) is 18.4 Å². The number of rotatable bonds is 3. The average molecular weight is 359 g/mol. The Kier molecular flexibility index (Phi) is 4.59. The monoisotopic (exact) mass is 359 g/mol. The van der Waals surface area contributed by atoms with E-state index in [9.17, 15) is 4.79 Å². The Morgan fingerprint density at radius 2 is 2.20 bits per heavy atom. The fourth-order valence-corrected chi connectivity index (χ4v) is 4.45. The Labute approximate surface area is 150 Å². The number of benzene rings is 1. The van der Waals surface area contributed by atoms with Gasteiger partial charge in [-0.05, 0) is 49.9 Å². The summed E-state index contributed by atoms with van der Waals surface area (Å²) in [7, 11) is 1.66. The molecule has 25 heavy (non-hydrogen) atoms. The number of urea groups is 1. The first-order valence-electron chi connectivity index (χ1n) is 8.59. The van der Waals surface area contributed by atoms with Gasteiger partial charge in [-0.15, -0.1) is 11.3 Å². The Hall–Kier alpha value is -2.12. The number of methoxy groups -OCH3 is 1. The summed E-state index contributed by atoms with van der Waals surface area (Å²) in [5, 5.41) is 5.53. The molecule has 2 amide bonds. The van der Waals surface area contributed by atoms with Crippen molar-refractivity contribution in [1.82, 2.24) is 15.4 Å². The van der Waals surface area contributed by atoms with E-state index in [2.05, 4.69) is 5.32 Å². The SMILES string of the molecule is COc1ccc(-c2nc3c(s2)C(NC(=O)N2CCCO2)CCC3)cc1. The molecule has 2 aliphatic rings. The number of fused-ring (bicyclic) bond motifs is 1. The summed E-state index contributed by atoms with van der Waals surface area (Å²) in [4.78, 5) is 23.7. The molecule has 0 spiro atoms. The van der Waals surface area contributed by atoms with Gasteiger partial charge in [0.15, 0.2) is 0 Å². The maximum Gasteiger partial charge on any atom is 0.341 e. The Morgan fingerprint density at radius 3 is 2.92 bits per heavy atom. The summed E-state index contributed by atoms with van der Waals surface area (Å²) in [5.41, 5.74) is 2.18. The Bertz CT molecular complexity index is 753. The van der Waals surface area contributed by atoms with Crippen LogP contribution in [0.4, 0.5) is 4.79 Å². The number of aromatic nitrogens is 1. The molecule has 6 nitrogen and oxygen atoms in total. The molecule has 1 unspecified atom stereocenters. The molecule has 7 heteroatoms. The molecule has 0 saturated carbocycles. The minimum Gasteiger partial charge on any atom is -0.497 e. The lowest BCUT2D eigenvalue weighted by Gasteiger charge is -2.24. The third-order valence-corrected chi connectivity index (χ3v) is 5.82. The third-order valence-electron chi connectivity index (χ3n) is 4.56. The molecule has 1 aromatic carbocycles. The lowest BCUT2D eigenvalue weighted by atomic mass is 9.98. The zero-order valence-corrected chi connectivity index (χ0v) is 15.0. The second kappa shape index (κ2) is 7.01. The van der Waals surface area contributed by atoms with Crippen molar-refractivity contribution in [3.05, 3.63) is 34.8 Å². The highest BCUT2D eigenvalue weighted by Crippen LogP contribution is 2.38. The first-order chi connectivity index (χ1) is 12.2. The van der Waals surface area contributed by atoms with Crippen LogP contribution in [0.25, 0.3) is 10.6 Å². The van der Waals surface area contributed by atoms with Crippen LogP contribution >= 0.6 is 11.3 Å². The van der Waals surface area contributed by atoms with E-state index in [0.717, 1.165) is 47.7 Å². The minimum atomic E-state index is -0.144. The predicted molar refractivity (Wildman–Crippen MR) is 95.6 cm³/mol. The van der Waals surface area contributed by atoms with Gasteiger partial charge < -0.3 is 10.1 Å². The minimum absolute atomic E-state index is 0.0185. The van der Waals surface area contributed by atoms with Crippen LogP contribution in [-0.2, 0) is 11.3 Å². The van der Waals surface area contributed by atoms with Crippen LogP contribution in [0.3, 0.4) is 0 Å². The molecule has 0 radical (unpaired) electrons. The van der Waals surface area contributed by atoms with Crippen molar-refractivity contribution >= 4 is 17.4 Å². The molecular weight excluding hydrogens is 338 g/mol. The molecule has 1 aliphatic heterocycles. The highest BCUT2D eigenvalue weighted by Gasteiger charge is 2.29. The van der Waals surface area contributed by atoms with E-state index >= 15 is 0 Å². The summed E-state index contributed by atoms with van der Waals surface area (Å²) in [6.07, 6.45) is 3.83. The first kappa shape index (κ1) is 16.4. The summed E-state index contributed by atoms with van der Waals surface area (Å²) in [6.45, 7) is 1.27. The summed E-state index contributed by atoms with van der Waals surface area (Å²) < 4.78 is 5.21. The van der Waals surface area contributed by atoms with Crippen LogP contribution in [0.2, 0.25) is 0 Å². The van der Waals surface area contributed by atoms with E-state index in [1.165, 1.54) is 9.94 Å². The van der Waals surface area contributed by atoms with Crippen molar-refractivity contribution in [1.29, 1.82) is 0 Å². The van der Waals surface area contributed by atoms with E-state index in [1.807, 2.05) is 24.3 Å². The smallest absolute Gasteiger partial charge is 0.341 e. The van der Waals surface area contributed by atoms with Crippen LogP contribution < -0.4 is 10.1 Å². The number of hydrogen-bond donors (Lipinski definition) is 1. The van der Waals surface area contributed by atoms with Gasteiger partial charge in [0, 0.05) is 5.56 Å². The van der Waals surface area contributed by atoms with Gasteiger partial charge in [0.2, 0.25) is 0 Å². The number of hydrogen-bond acceptors (Lipinski definition) is 5. The predicted octanol–water partition coefficient (Wildman–Crippen LogP) is 3.54. The topological polar surface area (TPSA) is 63.7 Å². The quantitative estimate of drug-likeness (QED) is 0.910. The maximum absolute atomic E-state index is 12.3. The molecule has 1 atom stereocenters. The molecule has 2 aromatic rings. The standard InChI is InChI=1S/C18H21N3O3S/c1-23-13-8-6-12(7-9-13)17-19-14-4-2-5-15(16(14)25-17)20-18(22)21-10-3-11-24-21/h6-9,15H,2-5,10-11H2,1H3,(H,20,22). The lowest BCUT2D eigenvalue weighted by Crippen LogP contribution is -2.40. The van der Waals surface area contributed by atoms with E-state index in [-0.39, 0.29) is 12.1 Å². The highest BCUT2D eigenvalue weighted by atomic mass is 32.1. The normalized spacial score (nSPS) is 19.6. The van der Waals surface area contributed by atoms with Gasteiger partial charge in [-0.3, -0.25) is 4.84 Å². The zero-order chi connectivity index (χ0) is 17.2. The van der Waals surface area contributed by atoms with Crippen molar-refractivity contribution in [3.63, 3.8) is 0 Å². The van der Waals surface area contributed by atoms with Crippen molar-refractivity contribution in [2.24, 2.45) is 0 Å². The molecule has 0 bridgehead atoms. The number of aryl methyl sites for hydroxylation is 1. The summed E-state index contributed by atoms with van der Waals surface area (Å²) in [6, 6.07) is 7.81. The van der Waals surface area contributed by atoms with Crippen molar-refractivity contribution in [2.45, 2.75) is 31.7 Å². The van der Waals surface area contributed by atoms with Gasteiger partial charge in [-0.2, -0.15) is 0 Å². The second-order valence-electron chi connectivity index (χ2n) is 6.24. The van der Waals surface area contributed by atoms with Gasteiger partial charge >= 0.3 is 6.03 Å². The van der Waals surface area contributed by atoms with E-state index in [4.69, 9.17) is 14.6 Å². The van der Waals surface area contributed by atoms with Crippen LogP contribution in [0.5, 0.6) is 5.75 Å². The summed E-state index contributed by atoms with van der Waals surface area (Å²) >= 11 is 1.67. The fraction of sp³-hybridized carbons (Fsp3) is 0.444. The number of hydroxylamine groups is 2. The van der Waals surface area contributed by atoms with Crippen LogP contribution in [0, 0.1) is 0 Å². The molecule has 1 fully saturated rings. The number of nitrogens with zero attached hydrogens (tertiary/aromatic N) is 2. The largest absolute Gasteiger partial charge is 0.497 e. The molecule has 1 N–H and O–H groups in total. The molecule has 132 valence electrons. The van der Waals surface area contributed by atoms with Gasteiger partial charge in [-0.1, -0.05) is 0 Å². The third kappa shape index (κ3) is 3.34. The van der Waals surface area contributed by atoms with Gasteiger partial charge in [-0.25, -0.2) is 14.8 Å².